The standard InChI is InChI=1S/C15H10F3N3O4S/c16-15(17,18)14-8-9-7-10(1-6-13(9)19-14)20-26(24,25)12-4-2-11(3-5-12)21(22)23/h1-8,19-20H. The topological polar surface area (TPSA) is 105 Å². The molecule has 0 atom stereocenters. The smallest absolute Gasteiger partial charge is 0.351 e. The van der Waals surface area contributed by atoms with Crippen molar-refractivity contribution in [2.24, 2.45) is 0 Å². The fourth-order valence-electron chi connectivity index (χ4n) is 2.31. The zero-order valence-electron chi connectivity index (χ0n) is 12.7. The molecule has 0 aliphatic rings. The van der Waals surface area contributed by atoms with E-state index in [1.807, 2.05) is 0 Å². The molecule has 1 heterocycles. The number of nitro groups is 1. The number of aromatic amines is 1. The molecule has 3 rings (SSSR count). The molecule has 1 aromatic heterocycles. The number of H-pyrrole nitrogens is 1. The first-order chi connectivity index (χ1) is 12.1. The summed E-state index contributed by atoms with van der Waals surface area (Å²) in [6.07, 6.45) is -4.54. The zero-order chi connectivity index (χ0) is 19.1. The van der Waals surface area contributed by atoms with Gasteiger partial charge in [0, 0.05) is 28.7 Å². The Bertz CT molecular complexity index is 1090. The Hall–Kier alpha value is -3.08. The number of hydrogen-bond donors (Lipinski definition) is 2. The van der Waals surface area contributed by atoms with Crippen molar-refractivity contribution in [3.8, 4) is 0 Å². The maximum absolute atomic E-state index is 12.7. The van der Waals surface area contributed by atoms with Crippen molar-refractivity contribution in [1.29, 1.82) is 0 Å². The predicted octanol–water partition coefficient (Wildman–Crippen LogP) is 3.90. The highest BCUT2D eigenvalue weighted by Crippen LogP contribution is 2.32. The summed E-state index contributed by atoms with van der Waals surface area (Å²) < 4.78 is 65.0. The van der Waals surface area contributed by atoms with Crippen LogP contribution < -0.4 is 4.72 Å². The molecule has 0 spiro atoms. The number of non-ortho nitro benzene ring substituents is 1. The number of hydrogen-bond acceptors (Lipinski definition) is 4. The van der Waals surface area contributed by atoms with Crippen LogP contribution in [0, 0.1) is 10.1 Å². The number of aromatic nitrogens is 1. The molecule has 7 nitrogen and oxygen atoms in total. The quantitative estimate of drug-likeness (QED) is 0.525. The van der Waals surface area contributed by atoms with Crippen LogP contribution in [0.25, 0.3) is 10.9 Å². The van der Waals surface area contributed by atoms with E-state index < -0.39 is 26.8 Å². The number of fused-ring (bicyclic) bond motifs is 1. The molecule has 11 heteroatoms. The number of benzene rings is 2. The highest BCUT2D eigenvalue weighted by Gasteiger charge is 2.32. The van der Waals surface area contributed by atoms with Gasteiger partial charge in [0.15, 0.2) is 0 Å². The lowest BCUT2D eigenvalue weighted by molar-refractivity contribution is -0.384. The van der Waals surface area contributed by atoms with Gasteiger partial charge < -0.3 is 4.98 Å². The Morgan fingerprint density at radius 2 is 1.69 bits per heavy atom. The van der Waals surface area contributed by atoms with Crippen LogP contribution >= 0.6 is 0 Å². The molecule has 26 heavy (non-hydrogen) atoms. The molecular weight excluding hydrogens is 375 g/mol. The summed E-state index contributed by atoms with van der Waals surface area (Å²) in [5, 5.41) is 10.8. The molecule has 0 aliphatic carbocycles. The SMILES string of the molecule is O=[N+]([O-])c1ccc(S(=O)(=O)Nc2ccc3[nH]c(C(F)(F)F)cc3c2)cc1. The lowest BCUT2D eigenvalue weighted by Crippen LogP contribution is -2.12. The first-order valence-corrected chi connectivity index (χ1v) is 8.52. The number of anilines is 1. The van der Waals surface area contributed by atoms with Crippen molar-refractivity contribution in [2.75, 3.05) is 4.72 Å². The highest BCUT2D eigenvalue weighted by atomic mass is 32.2. The van der Waals surface area contributed by atoms with E-state index in [0.29, 0.717) is 0 Å². The van der Waals surface area contributed by atoms with Gasteiger partial charge in [-0.1, -0.05) is 0 Å². The molecule has 3 aromatic rings. The largest absolute Gasteiger partial charge is 0.431 e. The van der Waals surface area contributed by atoms with Crippen LogP contribution in [-0.4, -0.2) is 18.3 Å². The number of halogens is 3. The summed E-state index contributed by atoms with van der Waals surface area (Å²) in [5.41, 5.74) is -0.945. The van der Waals surface area contributed by atoms with Crippen LogP contribution in [-0.2, 0) is 16.2 Å². The zero-order valence-corrected chi connectivity index (χ0v) is 13.6. The Morgan fingerprint density at radius 1 is 1.04 bits per heavy atom. The van der Waals surface area contributed by atoms with Gasteiger partial charge in [-0.3, -0.25) is 14.8 Å². The van der Waals surface area contributed by atoms with Crippen LogP contribution in [0.15, 0.2) is 53.4 Å². The Morgan fingerprint density at radius 3 is 2.27 bits per heavy atom. The average molecular weight is 385 g/mol. The molecule has 0 unspecified atom stereocenters. The van der Waals surface area contributed by atoms with E-state index in [1.54, 1.807) is 0 Å². The Labute approximate surface area is 144 Å². The minimum Gasteiger partial charge on any atom is -0.351 e. The van der Waals surface area contributed by atoms with Crippen molar-refractivity contribution >= 4 is 32.3 Å². The van der Waals surface area contributed by atoms with Crippen molar-refractivity contribution in [3.05, 3.63) is 64.3 Å². The molecule has 136 valence electrons. The third kappa shape index (κ3) is 3.47. The summed E-state index contributed by atoms with van der Waals surface area (Å²) >= 11 is 0. The molecule has 0 amide bonds. The average Bonchev–Trinajstić information content (AvgIpc) is 2.98. The number of nitrogens with one attached hydrogen (secondary N) is 2. The van der Waals surface area contributed by atoms with Gasteiger partial charge in [-0.25, -0.2) is 8.42 Å². The number of sulfonamides is 1. The Balaban J connectivity index is 1.90. The van der Waals surface area contributed by atoms with Gasteiger partial charge in [0.2, 0.25) is 0 Å². The van der Waals surface area contributed by atoms with E-state index in [-0.39, 0.29) is 27.2 Å². The summed E-state index contributed by atoms with van der Waals surface area (Å²) in [5.74, 6) is 0. The number of alkyl halides is 3. The van der Waals surface area contributed by atoms with E-state index in [2.05, 4.69) is 9.71 Å². The normalized spacial score (nSPS) is 12.3. The monoisotopic (exact) mass is 385 g/mol. The molecule has 0 saturated heterocycles. The fourth-order valence-corrected chi connectivity index (χ4v) is 3.36. The first kappa shape index (κ1) is 17.7. The molecular formula is C15H10F3N3O4S. The maximum Gasteiger partial charge on any atom is 0.431 e. The highest BCUT2D eigenvalue weighted by molar-refractivity contribution is 7.92. The number of nitrogens with zero attached hydrogens (tertiary/aromatic N) is 1. The van der Waals surface area contributed by atoms with E-state index in [9.17, 15) is 31.7 Å². The molecule has 2 N–H and O–H groups in total. The molecule has 0 saturated carbocycles. The molecule has 0 fully saturated rings. The van der Waals surface area contributed by atoms with Crippen LogP contribution in [0.4, 0.5) is 24.5 Å². The van der Waals surface area contributed by atoms with E-state index in [4.69, 9.17) is 0 Å². The summed E-state index contributed by atoms with van der Waals surface area (Å²) in [4.78, 5) is 11.9. The van der Waals surface area contributed by atoms with Crippen molar-refractivity contribution in [3.63, 3.8) is 0 Å². The molecule has 0 radical (unpaired) electrons. The number of rotatable bonds is 4. The van der Waals surface area contributed by atoms with Crippen molar-refractivity contribution in [1.82, 2.24) is 4.98 Å². The lowest BCUT2D eigenvalue weighted by Gasteiger charge is -2.08. The summed E-state index contributed by atoms with van der Waals surface area (Å²) in [6, 6.07) is 8.97. The van der Waals surface area contributed by atoms with Gasteiger partial charge in [0.05, 0.1) is 9.82 Å². The van der Waals surface area contributed by atoms with E-state index in [0.717, 1.165) is 30.3 Å². The summed E-state index contributed by atoms with van der Waals surface area (Å²) in [7, 11) is -4.05. The summed E-state index contributed by atoms with van der Waals surface area (Å²) in [6.45, 7) is 0. The minimum atomic E-state index is -4.54. The third-order valence-electron chi connectivity index (χ3n) is 3.54. The van der Waals surface area contributed by atoms with Crippen LogP contribution in [0.5, 0.6) is 0 Å². The molecule has 2 aromatic carbocycles. The second-order valence-corrected chi connectivity index (χ2v) is 7.02. The second-order valence-electron chi connectivity index (χ2n) is 5.34. The lowest BCUT2D eigenvalue weighted by atomic mass is 10.2. The van der Waals surface area contributed by atoms with Crippen LogP contribution in [0.3, 0.4) is 0 Å². The fraction of sp³-hybridized carbons (Fsp3) is 0.0667. The van der Waals surface area contributed by atoms with Gasteiger partial charge in [-0.05, 0) is 36.4 Å². The van der Waals surface area contributed by atoms with E-state index >= 15 is 0 Å². The second kappa shape index (κ2) is 6.02. The van der Waals surface area contributed by atoms with Gasteiger partial charge in [-0.15, -0.1) is 0 Å². The third-order valence-corrected chi connectivity index (χ3v) is 4.93. The minimum absolute atomic E-state index is 0.0589. The van der Waals surface area contributed by atoms with Crippen molar-refractivity contribution in [2.45, 2.75) is 11.1 Å². The van der Waals surface area contributed by atoms with Crippen LogP contribution in [0.2, 0.25) is 0 Å². The maximum atomic E-state index is 12.7. The van der Waals surface area contributed by atoms with Gasteiger partial charge in [0.1, 0.15) is 5.69 Å². The first-order valence-electron chi connectivity index (χ1n) is 7.03. The van der Waals surface area contributed by atoms with Gasteiger partial charge in [-0.2, -0.15) is 13.2 Å². The van der Waals surface area contributed by atoms with E-state index in [1.165, 1.54) is 18.2 Å². The van der Waals surface area contributed by atoms with Crippen LogP contribution in [0.1, 0.15) is 5.69 Å². The van der Waals surface area contributed by atoms with Gasteiger partial charge >= 0.3 is 6.18 Å². The molecule has 0 aliphatic heterocycles. The Kier molecular flexibility index (Phi) is 4.11. The van der Waals surface area contributed by atoms with Gasteiger partial charge in [0.25, 0.3) is 15.7 Å². The molecule has 0 bridgehead atoms. The predicted molar refractivity (Wildman–Crippen MR) is 87.2 cm³/mol. The van der Waals surface area contributed by atoms with Crippen molar-refractivity contribution < 1.29 is 26.5 Å². The number of nitro benzene ring substituents is 1.